The van der Waals surface area contributed by atoms with Gasteiger partial charge in [-0.15, -0.1) is 0 Å². The minimum atomic E-state index is -1.05. The molecule has 0 unspecified atom stereocenters. The van der Waals surface area contributed by atoms with E-state index in [1.165, 1.54) is 24.4 Å². The number of aromatic nitrogens is 2. The predicted molar refractivity (Wildman–Crippen MR) is 72.9 cm³/mol. The Bertz CT molecular complexity index is 682. The van der Waals surface area contributed by atoms with Crippen molar-refractivity contribution in [2.75, 3.05) is 0 Å². The van der Waals surface area contributed by atoms with E-state index >= 15 is 0 Å². The Balaban J connectivity index is 2.34. The van der Waals surface area contributed by atoms with Crippen molar-refractivity contribution in [2.45, 2.75) is 0 Å². The molecule has 0 saturated heterocycles. The van der Waals surface area contributed by atoms with Gasteiger partial charge in [-0.1, -0.05) is 0 Å². The number of rotatable bonds is 3. The van der Waals surface area contributed by atoms with Crippen LogP contribution in [0.15, 0.2) is 30.5 Å². The van der Waals surface area contributed by atoms with Crippen LogP contribution >= 0.6 is 22.6 Å². The van der Waals surface area contributed by atoms with Gasteiger partial charge in [0.25, 0.3) is 0 Å². The van der Waals surface area contributed by atoms with Crippen molar-refractivity contribution in [3.8, 4) is 17.8 Å². The van der Waals surface area contributed by atoms with Gasteiger partial charge in [-0.3, -0.25) is 0 Å². The molecule has 0 aliphatic heterocycles. The lowest BCUT2D eigenvalue weighted by atomic mass is 10.2. The molecule has 0 radical (unpaired) electrons. The molecule has 1 N–H and O–H groups in total. The van der Waals surface area contributed by atoms with Crippen LogP contribution in [0.4, 0.5) is 0 Å². The zero-order valence-electron chi connectivity index (χ0n) is 9.37. The number of benzene rings is 1. The molecule has 6 nitrogen and oxygen atoms in total. The summed E-state index contributed by atoms with van der Waals surface area (Å²) in [6, 6.07) is 7.80. The highest BCUT2D eigenvalue weighted by Gasteiger charge is 2.10. The summed E-state index contributed by atoms with van der Waals surface area (Å²) in [6.45, 7) is 0. The summed E-state index contributed by atoms with van der Waals surface area (Å²) in [5.41, 5.74) is 0.279. The zero-order chi connectivity index (χ0) is 13.8. The Hall–Kier alpha value is -2.21. The molecule has 0 fully saturated rings. The average molecular weight is 367 g/mol. The van der Waals surface area contributed by atoms with Gasteiger partial charge < -0.3 is 9.84 Å². The number of hydrogen-bond donors (Lipinski definition) is 1. The van der Waals surface area contributed by atoms with E-state index in [0.29, 0.717) is 9.32 Å². The van der Waals surface area contributed by atoms with Crippen LogP contribution in [0.25, 0.3) is 0 Å². The number of nitriles is 1. The molecular weight excluding hydrogens is 361 g/mol. The lowest BCUT2D eigenvalue weighted by Crippen LogP contribution is -1.99. The average Bonchev–Trinajstić information content (AvgIpc) is 2.41. The van der Waals surface area contributed by atoms with Gasteiger partial charge in [-0.25, -0.2) is 9.78 Å². The fourth-order valence-corrected chi connectivity index (χ4v) is 1.71. The first-order valence-electron chi connectivity index (χ1n) is 5.04. The van der Waals surface area contributed by atoms with E-state index in [4.69, 9.17) is 15.1 Å². The molecule has 0 saturated carbocycles. The first-order chi connectivity index (χ1) is 9.10. The second-order valence-corrected chi connectivity index (χ2v) is 4.55. The molecule has 0 aliphatic rings. The third-order valence-corrected chi connectivity index (χ3v) is 3.02. The lowest BCUT2D eigenvalue weighted by molar-refractivity contribution is 0.0696. The molecule has 2 aromatic rings. The number of aromatic carboxylic acids is 1. The largest absolute Gasteiger partial charge is 0.478 e. The Labute approximate surface area is 121 Å². The quantitative estimate of drug-likeness (QED) is 0.838. The molecule has 7 heteroatoms. The summed E-state index contributed by atoms with van der Waals surface area (Å²) in [7, 11) is 0. The van der Waals surface area contributed by atoms with Crippen molar-refractivity contribution in [3.05, 3.63) is 45.3 Å². The predicted octanol–water partition coefficient (Wildman–Crippen LogP) is 2.44. The van der Waals surface area contributed by atoms with E-state index in [-0.39, 0.29) is 17.3 Å². The summed E-state index contributed by atoms with van der Waals surface area (Å²) in [6.07, 6.45) is 1.40. The van der Waals surface area contributed by atoms with E-state index in [1.54, 1.807) is 6.07 Å². The SMILES string of the molecule is N#Cc1ccnc(Oc2cc(C(=O)O)ccc2I)n1. The monoisotopic (exact) mass is 367 g/mol. The summed E-state index contributed by atoms with van der Waals surface area (Å²) in [5, 5.41) is 17.6. The third kappa shape index (κ3) is 3.17. The third-order valence-electron chi connectivity index (χ3n) is 2.13. The molecular formula is C12H6IN3O3. The highest BCUT2D eigenvalue weighted by atomic mass is 127. The minimum Gasteiger partial charge on any atom is -0.478 e. The van der Waals surface area contributed by atoms with Crippen LogP contribution < -0.4 is 4.74 Å². The van der Waals surface area contributed by atoms with E-state index in [9.17, 15) is 4.79 Å². The van der Waals surface area contributed by atoms with E-state index in [1.807, 2.05) is 28.7 Å². The molecule has 1 aromatic heterocycles. The molecule has 0 spiro atoms. The van der Waals surface area contributed by atoms with Gasteiger partial charge in [0.15, 0.2) is 0 Å². The van der Waals surface area contributed by atoms with E-state index < -0.39 is 5.97 Å². The maximum Gasteiger partial charge on any atom is 0.335 e. The van der Waals surface area contributed by atoms with Crippen molar-refractivity contribution in [2.24, 2.45) is 0 Å². The van der Waals surface area contributed by atoms with Crippen molar-refractivity contribution in [3.63, 3.8) is 0 Å². The summed E-state index contributed by atoms with van der Waals surface area (Å²) < 4.78 is 6.11. The van der Waals surface area contributed by atoms with Gasteiger partial charge in [-0.05, 0) is 46.9 Å². The van der Waals surface area contributed by atoms with Gasteiger partial charge in [-0.2, -0.15) is 10.2 Å². The second-order valence-electron chi connectivity index (χ2n) is 3.39. The fraction of sp³-hybridized carbons (Fsp3) is 0. The van der Waals surface area contributed by atoms with E-state index in [2.05, 4.69) is 9.97 Å². The highest BCUT2D eigenvalue weighted by Crippen LogP contribution is 2.26. The highest BCUT2D eigenvalue weighted by molar-refractivity contribution is 14.1. The molecule has 0 bridgehead atoms. The standard InChI is InChI=1S/C12H6IN3O3/c13-9-2-1-7(11(17)18)5-10(9)19-12-15-4-3-8(6-14)16-12/h1-5H,(H,17,18). The van der Waals surface area contributed by atoms with Gasteiger partial charge in [0.1, 0.15) is 17.5 Å². The van der Waals surface area contributed by atoms with Crippen LogP contribution in [0.1, 0.15) is 16.1 Å². The van der Waals surface area contributed by atoms with Crippen LogP contribution in [0.5, 0.6) is 11.8 Å². The lowest BCUT2D eigenvalue weighted by Gasteiger charge is -2.06. The summed E-state index contributed by atoms with van der Waals surface area (Å²) in [5.74, 6) is -0.719. The first-order valence-corrected chi connectivity index (χ1v) is 6.12. The number of halogens is 1. The fourth-order valence-electron chi connectivity index (χ4n) is 1.27. The molecule has 1 heterocycles. The van der Waals surface area contributed by atoms with Crippen LogP contribution in [0.2, 0.25) is 0 Å². The Kier molecular flexibility index (Phi) is 3.91. The van der Waals surface area contributed by atoms with Gasteiger partial charge in [0.2, 0.25) is 0 Å². The molecule has 0 amide bonds. The maximum atomic E-state index is 10.9. The molecule has 94 valence electrons. The number of hydrogen-bond acceptors (Lipinski definition) is 5. The molecule has 1 aromatic carbocycles. The smallest absolute Gasteiger partial charge is 0.335 e. The normalized spacial score (nSPS) is 9.68. The van der Waals surface area contributed by atoms with Crippen molar-refractivity contribution in [1.82, 2.24) is 9.97 Å². The number of carbonyl (C=O) groups is 1. The number of ether oxygens (including phenoxy) is 1. The van der Waals surface area contributed by atoms with Crippen LogP contribution in [-0.4, -0.2) is 21.0 Å². The van der Waals surface area contributed by atoms with Gasteiger partial charge >= 0.3 is 12.0 Å². The number of nitrogens with zero attached hydrogens (tertiary/aromatic N) is 3. The Morgan fingerprint density at radius 2 is 2.21 bits per heavy atom. The summed E-state index contributed by atoms with van der Waals surface area (Å²) >= 11 is 2.01. The minimum absolute atomic E-state index is 0.000459. The Morgan fingerprint density at radius 3 is 2.89 bits per heavy atom. The van der Waals surface area contributed by atoms with Crippen LogP contribution in [0.3, 0.4) is 0 Å². The molecule has 0 aliphatic carbocycles. The van der Waals surface area contributed by atoms with E-state index in [0.717, 1.165) is 0 Å². The Morgan fingerprint density at radius 1 is 1.42 bits per heavy atom. The van der Waals surface area contributed by atoms with Crippen molar-refractivity contribution in [1.29, 1.82) is 5.26 Å². The summed E-state index contributed by atoms with van der Waals surface area (Å²) in [4.78, 5) is 18.6. The van der Waals surface area contributed by atoms with Gasteiger partial charge in [0.05, 0.1) is 9.13 Å². The zero-order valence-corrected chi connectivity index (χ0v) is 11.5. The number of carboxylic acid groups (broad SMARTS) is 1. The van der Waals surface area contributed by atoms with Crippen LogP contribution in [-0.2, 0) is 0 Å². The van der Waals surface area contributed by atoms with Crippen molar-refractivity contribution >= 4 is 28.6 Å². The molecule has 19 heavy (non-hydrogen) atoms. The molecule has 0 atom stereocenters. The van der Waals surface area contributed by atoms with Crippen molar-refractivity contribution < 1.29 is 14.6 Å². The topological polar surface area (TPSA) is 96.1 Å². The number of carboxylic acids is 1. The first kappa shape index (κ1) is 13.2. The van der Waals surface area contributed by atoms with Gasteiger partial charge in [0, 0.05) is 6.20 Å². The maximum absolute atomic E-state index is 10.9. The van der Waals surface area contributed by atoms with Crippen LogP contribution in [0, 0.1) is 14.9 Å². The molecule has 2 rings (SSSR count). The second kappa shape index (κ2) is 5.62.